The van der Waals surface area contributed by atoms with Crippen LogP contribution in [0.5, 0.6) is 0 Å². The first-order valence-electron chi connectivity index (χ1n) is 15.3. The van der Waals surface area contributed by atoms with Crippen LogP contribution in [0, 0.1) is 0 Å². The van der Waals surface area contributed by atoms with Crippen molar-refractivity contribution < 1.29 is 58.4 Å². The lowest BCUT2D eigenvalue weighted by Crippen LogP contribution is -2.68. The molecule has 3 fully saturated rings. The number of nitrogens with two attached hydrogens (primary N) is 4. The molecule has 2 heterocycles. The van der Waals surface area contributed by atoms with Crippen LogP contribution in [-0.2, 0) is 28.4 Å². The zero-order chi connectivity index (χ0) is 33.8. The van der Waals surface area contributed by atoms with Crippen LogP contribution in [0.3, 0.4) is 0 Å². The highest BCUT2D eigenvalue weighted by Gasteiger charge is 2.55. The van der Waals surface area contributed by atoms with Crippen LogP contribution in [0.1, 0.15) is 27.1 Å². The Bertz CT molecular complexity index is 1330. The van der Waals surface area contributed by atoms with E-state index in [2.05, 4.69) is 0 Å². The van der Waals surface area contributed by atoms with Crippen molar-refractivity contribution >= 4 is 11.9 Å². The number of carbonyl (C=O) groups is 2. The highest BCUT2D eigenvalue weighted by atomic mass is 16.8. The van der Waals surface area contributed by atoms with Gasteiger partial charge < -0.3 is 71.8 Å². The van der Waals surface area contributed by atoms with Gasteiger partial charge in [0.05, 0.1) is 29.9 Å². The fourth-order valence-electron chi connectivity index (χ4n) is 5.95. The van der Waals surface area contributed by atoms with Gasteiger partial charge in [-0.25, -0.2) is 9.59 Å². The van der Waals surface area contributed by atoms with Crippen LogP contribution in [0.15, 0.2) is 60.7 Å². The summed E-state index contributed by atoms with van der Waals surface area (Å²) in [6, 6.07) is 13.3. The van der Waals surface area contributed by atoms with Crippen LogP contribution in [0.2, 0.25) is 0 Å². The number of rotatable bonds is 10. The molecule has 14 atom stereocenters. The third-order valence-electron chi connectivity index (χ3n) is 8.58. The van der Waals surface area contributed by atoms with Crippen molar-refractivity contribution in [3.63, 3.8) is 0 Å². The molecule has 14 unspecified atom stereocenters. The summed E-state index contributed by atoms with van der Waals surface area (Å²) in [5, 5.41) is 42.1. The van der Waals surface area contributed by atoms with Gasteiger partial charge in [-0.15, -0.1) is 0 Å². The summed E-state index contributed by atoms with van der Waals surface area (Å²) in [7, 11) is 0. The van der Waals surface area contributed by atoms with Gasteiger partial charge in [0.15, 0.2) is 24.8 Å². The van der Waals surface area contributed by atoms with E-state index in [0.717, 1.165) is 0 Å². The molecule has 16 nitrogen and oxygen atoms in total. The highest BCUT2D eigenvalue weighted by molar-refractivity contribution is 5.90. The second-order valence-electron chi connectivity index (χ2n) is 11.8. The van der Waals surface area contributed by atoms with Gasteiger partial charge in [-0.05, 0) is 30.7 Å². The van der Waals surface area contributed by atoms with Gasteiger partial charge in [-0.1, -0.05) is 36.4 Å². The van der Waals surface area contributed by atoms with Crippen LogP contribution in [0.25, 0.3) is 0 Å². The first-order valence-corrected chi connectivity index (χ1v) is 15.3. The fraction of sp³-hybridized carbons (Fsp3) is 0.548. The molecule has 2 aliphatic heterocycles. The molecule has 0 aromatic heterocycles. The SMILES string of the molecule is NCC1OC(OC2C(N)C(OC3C(N)CC(N)C(O)C3O)OC(CO)C2O)C(OC(=O)c2ccccc2)C1OC(=O)c1ccccc1. The molecule has 47 heavy (non-hydrogen) atoms. The number of hydrogen-bond acceptors (Lipinski definition) is 16. The standard InChI is InChI=1S/C31H42N4O12/c32-12-18-25(44-28(40)14-7-3-1-4-8-14)27(45-29(41)15-9-5-2-6-10-15)31(42-18)47-26-20(35)30(43-19(13-36)22(26)38)46-24-17(34)11-16(33)21(37)23(24)39/h1-10,16-27,30-31,36-39H,11-13,32-35H2. The highest BCUT2D eigenvalue weighted by Crippen LogP contribution is 2.34. The molecular weight excluding hydrogens is 620 g/mol. The maximum absolute atomic E-state index is 13.2. The first-order chi connectivity index (χ1) is 22.5. The minimum Gasteiger partial charge on any atom is -0.452 e. The number of ether oxygens (including phenoxy) is 6. The molecule has 5 rings (SSSR count). The number of esters is 2. The topological polar surface area (TPSA) is 275 Å². The predicted octanol–water partition coefficient (Wildman–Crippen LogP) is -2.92. The van der Waals surface area contributed by atoms with Crippen LogP contribution in [-0.4, -0.2) is 131 Å². The van der Waals surface area contributed by atoms with Gasteiger partial charge in [0, 0.05) is 18.6 Å². The van der Waals surface area contributed by atoms with Crippen LogP contribution >= 0.6 is 0 Å². The second-order valence-corrected chi connectivity index (χ2v) is 11.8. The summed E-state index contributed by atoms with van der Waals surface area (Å²) in [5.41, 5.74) is 24.9. The van der Waals surface area contributed by atoms with E-state index in [1.165, 1.54) is 12.1 Å². The average Bonchev–Trinajstić information content (AvgIpc) is 3.40. The molecule has 2 saturated heterocycles. The van der Waals surface area contributed by atoms with Crippen molar-refractivity contribution in [3.8, 4) is 0 Å². The van der Waals surface area contributed by atoms with E-state index in [4.69, 9.17) is 51.4 Å². The van der Waals surface area contributed by atoms with E-state index in [-0.39, 0.29) is 24.1 Å². The molecule has 2 aromatic rings. The summed E-state index contributed by atoms with van der Waals surface area (Å²) in [5.74, 6) is -1.52. The minimum atomic E-state index is -1.56. The molecule has 1 saturated carbocycles. The van der Waals surface area contributed by atoms with Crippen molar-refractivity contribution in [1.82, 2.24) is 0 Å². The van der Waals surface area contributed by atoms with E-state index < -0.39 is 104 Å². The smallest absolute Gasteiger partial charge is 0.338 e. The van der Waals surface area contributed by atoms with Crippen LogP contribution in [0.4, 0.5) is 0 Å². The molecule has 0 radical (unpaired) electrons. The Morgan fingerprint density at radius 3 is 1.77 bits per heavy atom. The van der Waals surface area contributed by atoms with Crippen molar-refractivity contribution in [3.05, 3.63) is 71.8 Å². The third kappa shape index (κ3) is 7.64. The Hall–Kier alpha value is -3.10. The van der Waals surface area contributed by atoms with Gasteiger partial charge in [-0.3, -0.25) is 0 Å². The zero-order valence-corrected chi connectivity index (χ0v) is 25.3. The Morgan fingerprint density at radius 1 is 0.681 bits per heavy atom. The molecule has 12 N–H and O–H groups in total. The van der Waals surface area contributed by atoms with Gasteiger partial charge in [0.1, 0.15) is 36.6 Å². The average molecular weight is 663 g/mol. The number of aliphatic hydroxyl groups is 4. The third-order valence-corrected chi connectivity index (χ3v) is 8.58. The lowest BCUT2D eigenvalue weighted by Gasteiger charge is -2.47. The molecule has 1 aliphatic carbocycles. The predicted molar refractivity (Wildman–Crippen MR) is 161 cm³/mol. The fourth-order valence-corrected chi connectivity index (χ4v) is 5.95. The Balaban J connectivity index is 1.40. The van der Waals surface area contributed by atoms with Crippen molar-refractivity contribution in [2.24, 2.45) is 22.9 Å². The zero-order valence-electron chi connectivity index (χ0n) is 25.3. The molecule has 0 spiro atoms. The summed E-state index contributed by atoms with van der Waals surface area (Å²) < 4.78 is 35.4. The molecule has 0 bridgehead atoms. The van der Waals surface area contributed by atoms with E-state index in [1.54, 1.807) is 48.5 Å². The van der Waals surface area contributed by atoms with E-state index in [1.807, 2.05) is 0 Å². The second kappa shape index (κ2) is 15.4. The maximum Gasteiger partial charge on any atom is 0.338 e. The molecule has 0 amide bonds. The molecule has 258 valence electrons. The lowest BCUT2D eigenvalue weighted by atomic mass is 9.84. The normalized spacial score (nSPS) is 38.9. The molecule has 16 heteroatoms. The van der Waals surface area contributed by atoms with E-state index >= 15 is 0 Å². The first kappa shape index (κ1) is 35.2. The largest absolute Gasteiger partial charge is 0.452 e. The minimum absolute atomic E-state index is 0.116. The lowest BCUT2D eigenvalue weighted by molar-refractivity contribution is -0.316. The quantitative estimate of drug-likeness (QED) is 0.118. The van der Waals surface area contributed by atoms with Gasteiger partial charge in [0.2, 0.25) is 0 Å². The monoisotopic (exact) mass is 662 g/mol. The van der Waals surface area contributed by atoms with Crippen molar-refractivity contribution in [2.45, 2.75) is 92.1 Å². The Morgan fingerprint density at radius 2 is 1.21 bits per heavy atom. The Kier molecular flexibility index (Phi) is 11.5. The summed E-state index contributed by atoms with van der Waals surface area (Å²) in [6.45, 7) is -0.873. The molecule has 3 aliphatic rings. The maximum atomic E-state index is 13.2. The van der Waals surface area contributed by atoms with Crippen molar-refractivity contribution in [1.29, 1.82) is 0 Å². The number of benzene rings is 2. The summed E-state index contributed by atoms with van der Waals surface area (Å²) in [6.07, 6.45) is -14.7. The number of carbonyl (C=O) groups excluding carboxylic acids is 2. The molecule has 2 aromatic carbocycles. The van der Waals surface area contributed by atoms with Gasteiger partial charge >= 0.3 is 11.9 Å². The van der Waals surface area contributed by atoms with Crippen LogP contribution < -0.4 is 22.9 Å². The van der Waals surface area contributed by atoms with Gasteiger partial charge in [0.25, 0.3) is 0 Å². The van der Waals surface area contributed by atoms with Gasteiger partial charge in [-0.2, -0.15) is 0 Å². The summed E-state index contributed by atoms with van der Waals surface area (Å²) in [4.78, 5) is 26.3. The summed E-state index contributed by atoms with van der Waals surface area (Å²) >= 11 is 0. The number of aliphatic hydroxyl groups excluding tert-OH is 4. The molecular formula is C31H42N4O12. The van der Waals surface area contributed by atoms with Crippen molar-refractivity contribution in [2.75, 3.05) is 13.2 Å². The van der Waals surface area contributed by atoms with E-state index in [9.17, 15) is 30.0 Å². The number of hydrogen-bond donors (Lipinski definition) is 8. The van der Waals surface area contributed by atoms with E-state index in [0.29, 0.717) is 0 Å². The Labute approximate surface area is 270 Å².